The number of thioether (sulfide) groups is 1. The number of benzene rings is 2. The van der Waals surface area contributed by atoms with Gasteiger partial charge in [-0.25, -0.2) is 0 Å². The molecular weight excluding hydrogens is 480 g/mol. The number of nitrogens with zero attached hydrogens (tertiary/aromatic N) is 4. The second-order valence-electron chi connectivity index (χ2n) is 7.05. The molecule has 0 bridgehead atoms. The van der Waals surface area contributed by atoms with E-state index in [-0.39, 0.29) is 34.6 Å². The van der Waals surface area contributed by atoms with Crippen molar-refractivity contribution in [2.45, 2.75) is 25.2 Å². The lowest BCUT2D eigenvalue weighted by atomic mass is 10.1. The van der Waals surface area contributed by atoms with Gasteiger partial charge in [-0.2, -0.15) is 0 Å². The maximum absolute atomic E-state index is 12.5. The maximum Gasteiger partial charge on any atom is 0.271 e. The third kappa shape index (κ3) is 6.21. The van der Waals surface area contributed by atoms with Crippen molar-refractivity contribution in [1.82, 2.24) is 20.1 Å². The fraction of sp³-hybridized carbons (Fsp3) is 0.182. The van der Waals surface area contributed by atoms with Crippen LogP contribution in [0.1, 0.15) is 21.7 Å². The van der Waals surface area contributed by atoms with Crippen LogP contribution in [0.15, 0.2) is 60.3 Å². The van der Waals surface area contributed by atoms with E-state index in [0.717, 1.165) is 17.3 Å². The van der Waals surface area contributed by atoms with Crippen LogP contribution < -0.4 is 10.6 Å². The van der Waals surface area contributed by atoms with Crippen LogP contribution >= 0.6 is 23.4 Å². The Balaban J connectivity index is 1.64. The summed E-state index contributed by atoms with van der Waals surface area (Å²) in [6.07, 6.45) is 1.66. The zero-order valence-electron chi connectivity index (χ0n) is 18.2. The number of nitrogens with one attached hydrogen (secondary N) is 2. The molecule has 0 spiro atoms. The Morgan fingerprint density at radius 2 is 2.03 bits per heavy atom. The second-order valence-corrected chi connectivity index (χ2v) is 8.40. The van der Waals surface area contributed by atoms with Gasteiger partial charge in [0.15, 0.2) is 11.0 Å². The first-order valence-corrected chi connectivity index (χ1v) is 11.4. The van der Waals surface area contributed by atoms with E-state index in [2.05, 4.69) is 27.4 Å². The van der Waals surface area contributed by atoms with Gasteiger partial charge in [0.25, 0.3) is 11.6 Å². The summed E-state index contributed by atoms with van der Waals surface area (Å²) in [4.78, 5) is 35.3. The molecule has 3 aromatic rings. The largest absolute Gasteiger partial charge is 0.345 e. The highest BCUT2D eigenvalue weighted by atomic mass is 35.5. The fourth-order valence-electron chi connectivity index (χ4n) is 2.99. The van der Waals surface area contributed by atoms with Crippen molar-refractivity contribution >= 4 is 46.6 Å². The molecule has 0 aliphatic carbocycles. The Bertz CT molecular complexity index is 1250. The van der Waals surface area contributed by atoms with Crippen LogP contribution in [0.4, 0.5) is 11.4 Å². The van der Waals surface area contributed by atoms with E-state index >= 15 is 0 Å². The monoisotopic (exact) mass is 500 g/mol. The van der Waals surface area contributed by atoms with E-state index in [1.807, 2.05) is 19.1 Å². The molecule has 2 N–H and O–H groups in total. The Morgan fingerprint density at radius 3 is 2.74 bits per heavy atom. The third-order valence-electron chi connectivity index (χ3n) is 4.67. The van der Waals surface area contributed by atoms with Gasteiger partial charge in [-0.05, 0) is 24.6 Å². The number of allylic oxidation sites excluding steroid dienone is 1. The zero-order valence-corrected chi connectivity index (χ0v) is 19.7. The smallest absolute Gasteiger partial charge is 0.271 e. The zero-order chi connectivity index (χ0) is 24.7. The van der Waals surface area contributed by atoms with Gasteiger partial charge in [-0.15, -0.1) is 16.8 Å². The van der Waals surface area contributed by atoms with Gasteiger partial charge in [0.1, 0.15) is 0 Å². The summed E-state index contributed by atoms with van der Waals surface area (Å²) in [7, 11) is 0. The minimum atomic E-state index is -0.572. The van der Waals surface area contributed by atoms with Crippen LogP contribution in [0.3, 0.4) is 0 Å². The van der Waals surface area contributed by atoms with Crippen LogP contribution in [0.5, 0.6) is 0 Å². The number of amides is 2. The standard InChI is InChI=1S/C22H21ClN6O4S/c1-3-10-28-19(12-24-21(31)16-7-5-4-6-14(16)2)26-27-22(28)34-13-20(30)25-18-11-15(29(32)33)8-9-17(18)23/h3-9,11H,1,10,12-13H2,2H3,(H,24,31)(H,25,30). The molecule has 2 aromatic carbocycles. The van der Waals surface area contributed by atoms with Crippen molar-refractivity contribution in [3.05, 3.63) is 87.2 Å². The Morgan fingerprint density at radius 1 is 1.26 bits per heavy atom. The van der Waals surface area contributed by atoms with Crippen molar-refractivity contribution in [2.24, 2.45) is 0 Å². The Labute approximate surface area is 204 Å². The lowest BCUT2D eigenvalue weighted by Crippen LogP contribution is -2.25. The Hall–Kier alpha value is -3.70. The summed E-state index contributed by atoms with van der Waals surface area (Å²) in [5.74, 6) is -0.181. The minimum absolute atomic E-state index is 0.0378. The van der Waals surface area contributed by atoms with Crippen LogP contribution in [0.2, 0.25) is 5.02 Å². The van der Waals surface area contributed by atoms with Crippen molar-refractivity contribution in [3.63, 3.8) is 0 Å². The average Bonchev–Trinajstić information content (AvgIpc) is 3.19. The van der Waals surface area contributed by atoms with E-state index in [1.54, 1.807) is 22.8 Å². The first kappa shape index (κ1) is 24.9. The summed E-state index contributed by atoms with van der Waals surface area (Å²) in [5, 5.41) is 25.2. The van der Waals surface area contributed by atoms with Gasteiger partial charge >= 0.3 is 0 Å². The highest BCUT2D eigenvalue weighted by Crippen LogP contribution is 2.27. The molecule has 0 saturated carbocycles. The van der Waals surface area contributed by atoms with E-state index in [9.17, 15) is 19.7 Å². The van der Waals surface area contributed by atoms with Gasteiger partial charge in [0, 0.05) is 24.2 Å². The lowest BCUT2D eigenvalue weighted by Gasteiger charge is -2.10. The average molecular weight is 501 g/mol. The quantitative estimate of drug-likeness (QED) is 0.186. The predicted octanol–water partition coefficient (Wildman–Crippen LogP) is 3.99. The molecular formula is C22H21ClN6O4S. The molecule has 3 rings (SSSR count). The highest BCUT2D eigenvalue weighted by molar-refractivity contribution is 7.99. The molecule has 1 heterocycles. The molecule has 0 unspecified atom stereocenters. The molecule has 176 valence electrons. The fourth-order valence-corrected chi connectivity index (χ4v) is 3.92. The summed E-state index contributed by atoms with van der Waals surface area (Å²) < 4.78 is 1.74. The van der Waals surface area contributed by atoms with Gasteiger partial charge < -0.3 is 15.2 Å². The molecule has 12 heteroatoms. The molecule has 34 heavy (non-hydrogen) atoms. The first-order valence-electron chi connectivity index (χ1n) is 10.0. The number of nitro groups is 1. The number of non-ortho nitro benzene ring substituents is 1. The molecule has 1 aromatic heterocycles. The number of aryl methyl sites for hydroxylation is 1. The number of anilines is 1. The predicted molar refractivity (Wildman–Crippen MR) is 130 cm³/mol. The highest BCUT2D eigenvalue weighted by Gasteiger charge is 2.17. The summed E-state index contributed by atoms with van der Waals surface area (Å²) >= 11 is 7.15. The SMILES string of the molecule is C=CCn1c(CNC(=O)c2ccccc2C)nnc1SCC(=O)Nc1cc([N+](=O)[O-])ccc1Cl. The van der Waals surface area contributed by atoms with Crippen LogP contribution in [-0.4, -0.2) is 37.3 Å². The summed E-state index contributed by atoms with van der Waals surface area (Å²) in [6, 6.07) is 11.1. The van der Waals surface area contributed by atoms with Crippen molar-refractivity contribution < 1.29 is 14.5 Å². The topological polar surface area (TPSA) is 132 Å². The number of nitro benzene ring substituents is 1. The van der Waals surface area contributed by atoms with E-state index < -0.39 is 10.8 Å². The first-order chi connectivity index (χ1) is 16.3. The minimum Gasteiger partial charge on any atom is -0.345 e. The van der Waals surface area contributed by atoms with Crippen molar-refractivity contribution in [3.8, 4) is 0 Å². The number of halogens is 1. The van der Waals surface area contributed by atoms with Gasteiger partial charge in [0.2, 0.25) is 5.91 Å². The number of hydrogen-bond donors (Lipinski definition) is 2. The van der Waals surface area contributed by atoms with E-state index in [1.165, 1.54) is 18.2 Å². The maximum atomic E-state index is 12.5. The Kier molecular flexibility index (Phi) is 8.39. The molecule has 0 aliphatic rings. The van der Waals surface area contributed by atoms with Crippen LogP contribution in [0, 0.1) is 17.0 Å². The molecule has 0 fully saturated rings. The summed E-state index contributed by atoms with van der Waals surface area (Å²) in [5.41, 5.74) is 1.39. The van der Waals surface area contributed by atoms with Crippen molar-refractivity contribution in [2.75, 3.05) is 11.1 Å². The van der Waals surface area contributed by atoms with Gasteiger partial charge in [-0.1, -0.05) is 47.6 Å². The molecule has 2 amide bonds. The molecule has 10 nitrogen and oxygen atoms in total. The van der Waals surface area contributed by atoms with Gasteiger partial charge in [-0.3, -0.25) is 19.7 Å². The number of hydrogen-bond acceptors (Lipinski definition) is 7. The molecule has 0 aliphatic heterocycles. The molecule has 0 radical (unpaired) electrons. The van der Waals surface area contributed by atoms with E-state index in [0.29, 0.717) is 23.1 Å². The summed E-state index contributed by atoms with van der Waals surface area (Å²) in [6.45, 7) is 6.11. The van der Waals surface area contributed by atoms with Crippen LogP contribution in [-0.2, 0) is 17.9 Å². The number of carbonyl (C=O) groups is 2. The number of rotatable bonds is 10. The van der Waals surface area contributed by atoms with E-state index in [4.69, 9.17) is 11.6 Å². The van der Waals surface area contributed by atoms with Gasteiger partial charge in [0.05, 0.1) is 27.9 Å². The molecule has 0 atom stereocenters. The normalized spacial score (nSPS) is 10.5. The number of aromatic nitrogens is 3. The third-order valence-corrected chi connectivity index (χ3v) is 5.97. The second kappa shape index (κ2) is 11.4. The van der Waals surface area contributed by atoms with Crippen LogP contribution in [0.25, 0.3) is 0 Å². The lowest BCUT2D eigenvalue weighted by molar-refractivity contribution is -0.384. The number of carbonyl (C=O) groups excluding carboxylic acids is 2. The molecule has 0 saturated heterocycles. The van der Waals surface area contributed by atoms with Crippen molar-refractivity contribution in [1.29, 1.82) is 0 Å².